The maximum absolute atomic E-state index is 4.48. The van der Waals surface area contributed by atoms with E-state index >= 15 is 0 Å². The zero-order chi connectivity index (χ0) is 12.3. The molecule has 0 aliphatic carbocycles. The van der Waals surface area contributed by atoms with Crippen LogP contribution in [0.25, 0.3) is 5.82 Å². The molecule has 0 aliphatic heterocycles. The molecule has 4 heteroatoms. The summed E-state index contributed by atoms with van der Waals surface area (Å²) in [6, 6.07) is 4.13. The molecule has 0 spiro atoms. The summed E-state index contributed by atoms with van der Waals surface area (Å²) in [5, 5.41) is 7.66. The maximum Gasteiger partial charge on any atom is 0.156 e. The standard InChI is InChI=1S/C13H18N4/c1-4-14-8-12-7-10(2)13(15-9-12)17-6-5-11(3)16-17/h5-7,9,14H,4,8H2,1-3H3. The summed E-state index contributed by atoms with van der Waals surface area (Å²) >= 11 is 0. The van der Waals surface area contributed by atoms with Crippen LogP contribution in [0.3, 0.4) is 0 Å². The molecule has 17 heavy (non-hydrogen) atoms. The quantitative estimate of drug-likeness (QED) is 0.873. The molecule has 2 aromatic heterocycles. The van der Waals surface area contributed by atoms with Gasteiger partial charge in [0.15, 0.2) is 5.82 Å². The summed E-state index contributed by atoms with van der Waals surface area (Å²) in [7, 11) is 0. The van der Waals surface area contributed by atoms with Gasteiger partial charge in [0.2, 0.25) is 0 Å². The topological polar surface area (TPSA) is 42.7 Å². The molecule has 0 atom stereocenters. The van der Waals surface area contributed by atoms with Crippen LogP contribution in [0, 0.1) is 13.8 Å². The van der Waals surface area contributed by atoms with Gasteiger partial charge in [-0.15, -0.1) is 0 Å². The molecule has 2 aromatic rings. The van der Waals surface area contributed by atoms with E-state index in [1.807, 2.05) is 30.1 Å². The van der Waals surface area contributed by atoms with E-state index in [9.17, 15) is 0 Å². The average Bonchev–Trinajstić information content (AvgIpc) is 2.73. The molecule has 4 nitrogen and oxygen atoms in total. The molecule has 0 radical (unpaired) electrons. The van der Waals surface area contributed by atoms with Gasteiger partial charge in [0.1, 0.15) is 0 Å². The highest BCUT2D eigenvalue weighted by Crippen LogP contribution is 2.12. The van der Waals surface area contributed by atoms with E-state index in [-0.39, 0.29) is 0 Å². The van der Waals surface area contributed by atoms with Gasteiger partial charge < -0.3 is 5.32 Å². The van der Waals surface area contributed by atoms with Crippen molar-refractivity contribution in [1.29, 1.82) is 0 Å². The Morgan fingerprint density at radius 3 is 2.76 bits per heavy atom. The van der Waals surface area contributed by atoms with E-state index in [1.54, 1.807) is 0 Å². The molecular formula is C13H18N4. The van der Waals surface area contributed by atoms with Crippen LogP contribution >= 0.6 is 0 Å². The summed E-state index contributed by atoms with van der Waals surface area (Å²) in [6.45, 7) is 7.98. The van der Waals surface area contributed by atoms with Crippen molar-refractivity contribution >= 4 is 0 Å². The second-order valence-electron chi connectivity index (χ2n) is 4.17. The third-order valence-corrected chi connectivity index (χ3v) is 2.63. The van der Waals surface area contributed by atoms with Gasteiger partial charge in [0, 0.05) is 18.9 Å². The summed E-state index contributed by atoms with van der Waals surface area (Å²) < 4.78 is 1.82. The van der Waals surface area contributed by atoms with E-state index in [0.717, 1.165) is 30.2 Å². The Morgan fingerprint density at radius 2 is 2.18 bits per heavy atom. The molecule has 0 bridgehead atoms. The van der Waals surface area contributed by atoms with Crippen LogP contribution in [0.5, 0.6) is 0 Å². The smallest absolute Gasteiger partial charge is 0.156 e. The molecule has 0 aromatic carbocycles. The minimum Gasteiger partial charge on any atom is -0.313 e. The molecule has 0 saturated heterocycles. The van der Waals surface area contributed by atoms with Gasteiger partial charge in [-0.1, -0.05) is 6.92 Å². The van der Waals surface area contributed by atoms with Crippen molar-refractivity contribution < 1.29 is 0 Å². The molecule has 2 heterocycles. The summed E-state index contributed by atoms with van der Waals surface area (Å²) in [5.41, 5.74) is 3.35. The van der Waals surface area contributed by atoms with Crippen LogP contribution < -0.4 is 5.32 Å². The predicted octanol–water partition coefficient (Wildman–Crippen LogP) is 1.99. The lowest BCUT2D eigenvalue weighted by molar-refractivity contribution is 0.721. The van der Waals surface area contributed by atoms with Crippen molar-refractivity contribution in [1.82, 2.24) is 20.1 Å². The zero-order valence-corrected chi connectivity index (χ0v) is 10.6. The molecule has 0 saturated carbocycles. The van der Waals surface area contributed by atoms with Crippen molar-refractivity contribution in [2.45, 2.75) is 27.3 Å². The number of aryl methyl sites for hydroxylation is 2. The Kier molecular flexibility index (Phi) is 3.54. The molecular weight excluding hydrogens is 212 g/mol. The minimum atomic E-state index is 0.864. The summed E-state index contributed by atoms with van der Waals surface area (Å²) in [4.78, 5) is 4.48. The third-order valence-electron chi connectivity index (χ3n) is 2.63. The van der Waals surface area contributed by atoms with Crippen molar-refractivity contribution in [3.05, 3.63) is 41.3 Å². The van der Waals surface area contributed by atoms with Crippen molar-refractivity contribution in [2.75, 3.05) is 6.54 Å². The highest BCUT2D eigenvalue weighted by Gasteiger charge is 2.04. The summed E-state index contributed by atoms with van der Waals surface area (Å²) in [5.74, 6) is 0.901. The lowest BCUT2D eigenvalue weighted by atomic mass is 10.2. The Balaban J connectivity index is 2.25. The molecule has 0 unspecified atom stereocenters. The lowest BCUT2D eigenvalue weighted by Crippen LogP contribution is -2.12. The van der Waals surface area contributed by atoms with Crippen molar-refractivity contribution in [2.24, 2.45) is 0 Å². The molecule has 2 rings (SSSR count). The number of hydrogen-bond acceptors (Lipinski definition) is 3. The Labute approximate surface area is 102 Å². The van der Waals surface area contributed by atoms with Crippen LogP contribution in [0.2, 0.25) is 0 Å². The average molecular weight is 230 g/mol. The van der Waals surface area contributed by atoms with Crippen molar-refractivity contribution in [3.8, 4) is 5.82 Å². The fraction of sp³-hybridized carbons (Fsp3) is 0.385. The van der Waals surface area contributed by atoms with Crippen LogP contribution in [0.4, 0.5) is 0 Å². The van der Waals surface area contributed by atoms with E-state index < -0.39 is 0 Å². The predicted molar refractivity (Wildman–Crippen MR) is 68.2 cm³/mol. The fourth-order valence-electron chi connectivity index (χ4n) is 1.76. The van der Waals surface area contributed by atoms with E-state index in [0.29, 0.717) is 0 Å². The first-order valence-corrected chi connectivity index (χ1v) is 5.89. The monoisotopic (exact) mass is 230 g/mol. The minimum absolute atomic E-state index is 0.864. The Hall–Kier alpha value is -1.68. The van der Waals surface area contributed by atoms with Gasteiger partial charge in [-0.05, 0) is 43.7 Å². The SMILES string of the molecule is CCNCc1cnc(-n2ccc(C)n2)c(C)c1. The van der Waals surface area contributed by atoms with Crippen molar-refractivity contribution in [3.63, 3.8) is 0 Å². The third kappa shape index (κ3) is 2.71. The van der Waals surface area contributed by atoms with E-state index in [2.05, 4.69) is 35.3 Å². The first kappa shape index (κ1) is 11.8. The highest BCUT2D eigenvalue weighted by molar-refractivity contribution is 5.34. The van der Waals surface area contributed by atoms with Gasteiger partial charge in [-0.3, -0.25) is 0 Å². The second-order valence-corrected chi connectivity index (χ2v) is 4.17. The number of rotatable bonds is 4. The Morgan fingerprint density at radius 1 is 1.35 bits per heavy atom. The largest absolute Gasteiger partial charge is 0.313 e. The van der Waals surface area contributed by atoms with E-state index in [4.69, 9.17) is 0 Å². The van der Waals surface area contributed by atoms with Gasteiger partial charge in [0.25, 0.3) is 0 Å². The molecule has 0 amide bonds. The van der Waals surface area contributed by atoms with Gasteiger partial charge >= 0.3 is 0 Å². The number of nitrogens with zero attached hydrogens (tertiary/aromatic N) is 3. The lowest BCUT2D eigenvalue weighted by Gasteiger charge is -2.07. The van der Waals surface area contributed by atoms with E-state index in [1.165, 1.54) is 5.56 Å². The van der Waals surface area contributed by atoms with Gasteiger partial charge in [0.05, 0.1) is 5.69 Å². The van der Waals surface area contributed by atoms with Gasteiger partial charge in [-0.2, -0.15) is 5.10 Å². The second kappa shape index (κ2) is 5.10. The normalized spacial score (nSPS) is 10.8. The Bertz CT molecular complexity index is 502. The molecule has 0 aliphatic rings. The van der Waals surface area contributed by atoms with Gasteiger partial charge in [-0.25, -0.2) is 9.67 Å². The molecule has 1 N–H and O–H groups in total. The first-order valence-electron chi connectivity index (χ1n) is 5.89. The molecule has 0 fully saturated rings. The fourth-order valence-corrected chi connectivity index (χ4v) is 1.76. The van der Waals surface area contributed by atoms with Crippen LogP contribution in [0.1, 0.15) is 23.7 Å². The number of hydrogen-bond donors (Lipinski definition) is 1. The summed E-state index contributed by atoms with van der Waals surface area (Å²) in [6.07, 6.45) is 3.84. The first-order chi connectivity index (χ1) is 8.20. The number of aromatic nitrogens is 3. The van der Waals surface area contributed by atoms with Crippen LogP contribution in [-0.4, -0.2) is 21.3 Å². The maximum atomic E-state index is 4.48. The molecule has 90 valence electrons. The number of pyridine rings is 1. The zero-order valence-electron chi connectivity index (χ0n) is 10.6. The van der Waals surface area contributed by atoms with Crippen LogP contribution in [-0.2, 0) is 6.54 Å². The van der Waals surface area contributed by atoms with Crippen LogP contribution in [0.15, 0.2) is 24.5 Å². The number of nitrogens with one attached hydrogen (secondary N) is 1. The highest BCUT2D eigenvalue weighted by atomic mass is 15.3.